The van der Waals surface area contributed by atoms with Crippen molar-refractivity contribution in [2.24, 2.45) is 21.7 Å². The zero-order valence-corrected chi connectivity index (χ0v) is 75.5. The van der Waals surface area contributed by atoms with Crippen LogP contribution in [0.3, 0.4) is 0 Å². The fourth-order valence-electron chi connectivity index (χ4n) is 13.1. The highest BCUT2D eigenvalue weighted by molar-refractivity contribution is 7.99. The molecule has 6 aromatic heterocycles. The molecule has 38 heteroatoms. The lowest BCUT2D eigenvalue weighted by atomic mass is 9.97. The molecule has 4 atom stereocenters. The summed E-state index contributed by atoms with van der Waals surface area (Å²) in [4.78, 5) is 163. The van der Waals surface area contributed by atoms with E-state index in [9.17, 15) is 65.5 Å². The van der Waals surface area contributed by atoms with Gasteiger partial charge in [-0.2, -0.15) is 0 Å². The number of carbonyl (C=O) groups is 8. The number of rotatable bonds is 18. The number of amides is 4. The molecule has 30 nitrogen and oxygen atoms in total. The number of hydrogen-bond donors (Lipinski definition) is 0. The van der Waals surface area contributed by atoms with Crippen LogP contribution in [0.4, 0.5) is 17.6 Å². The van der Waals surface area contributed by atoms with E-state index in [0.29, 0.717) is 89.9 Å². The van der Waals surface area contributed by atoms with Gasteiger partial charge < -0.3 is 18.9 Å². The highest BCUT2D eigenvalue weighted by Crippen LogP contribution is 2.37. The van der Waals surface area contributed by atoms with Crippen LogP contribution in [0, 0.1) is 44.9 Å². The standard InChI is InChI=1S/2C22H25FN4O4S.2C22H23FN4O3S/c2*1-22(2,3)20(30)31-16-12-26(18(28)11-14-5-7-15(23)8-6-14)27(13-16)19(29)17-9-10-24-21(25-17)32-4;2*1-22(2,3)20(29)30-15-11-26-18(16-9-10-24-21(25-16)31-4)17(19(28)27(26)12-15)13-5-7-14(23)8-6-13/h2*5-10,16H,11-13H2,1-4H3;2*5-10,15H,11-12H2,1-4H3. The van der Waals surface area contributed by atoms with E-state index < -0.39 is 81.5 Å². The summed E-state index contributed by atoms with van der Waals surface area (Å²) in [6, 6.07) is 29.2. The van der Waals surface area contributed by atoms with Gasteiger partial charge in [-0.3, -0.25) is 57.3 Å². The number of hydrogen-bond acceptors (Lipinski definition) is 26. The van der Waals surface area contributed by atoms with Gasteiger partial charge in [-0.05, 0) is 203 Å². The maximum absolute atomic E-state index is 13.5. The topological polar surface area (TPSA) is 343 Å². The van der Waals surface area contributed by atoms with Gasteiger partial charge in [0.2, 0.25) is 11.8 Å². The van der Waals surface area contributed by atoms with Crippen molar-refractivity contribution in [2.45, 2.75) is 167 Å². The molecule has 126 heavy (non-hydrogen) atoms. The minimum Gasteiger partial charge on any atom is -0.458 e. The Balaban J connectivity index is 0.000000163. The van der Waals surface area contributed by atoms with E-state index in [1.165, 1.54) is 164 Å². The highest BCUT2D eigenvalue weighted by atomic mass is 32.2. The predicted octanol–water partition coefficient (Wildman–Crippen LogP) is 12.7. The molecule has 664 valence electrons. The Bertz CT molecular complexity index is 5460. The monoisotopic (exact) mass is 1800 g/mol. The van der Waals surface area contributed by atoms with Gasteiger partial charge in [-0.1, -0.05) is 95.6 Å². The maximum Gasteiger partial charge on any atom is 0.311 e. The van der Waals surface area contributed by atoms with Crippen LogP contribution in [-0.4, -0.2) is 202 Å². The molecule has 4 aromatic carbocycles. The largest absolute Gasteiger partial charge is 0.458 e. The normalized spacial score (nSPS) is 16.0. The van der Waals surface area contributed by atoms with E-state index in [1.54, 1.807) is 163 Å². The van der Waals surface area contributed by atoms with Gasteiger partial charge in [0.05, 0.1) is 121 Å². The van der Waals surface area contributed by atoms with Crippen LogP contribution < -0.4 is 11.1 Å². The van der Waals surface area contributed by atoms with E-state index >= 15 is 0 Å². The Morgan fingerprint density at radius 1 is 0.341 bits per heavy atom. The first-order valence-corrected chi connectivity index (χ1v) is 44.7. The maximum atomic E-state index is 13.5. The van der Waals surface area contributed by atoms with E-state index in [1.807, 2.05) is 12.5 Å². The molecule has 2 fully saturated rings. The second-order valence-corrected chi connectivity index (χ2v) is 36.6. The summed E-state index contributed by atoms with van der Waals surface area (Å²) in [7, 11) is 0. The summed E-state index contributed by atoms with van der Waals surface area (Å²) < 4.78 is 82.6. The molecule has 0 spiro atoms. The van der Waals surface area contributed by atoms with Crippen molar-refractivity contribution in [1.29, 1.82) is 0 Å². The van der Waals surface area contributed by atoms with Crippen LogP contribution in [0.15, 0.2) is 176 Å². The van der Waals surface area contributed by atoms with Gasteiger partial charge in [0.1, 0.15) is 59.1 Å². The Morgan fingerprint density at radius 3 is 0.881 bits per heavy atom. The minimum atomic E-state index is -0.722. The molecule has 4 aliphatic rings. The average molecular weight is 1810 g/mol. The molecular formula is C88H96F4N16O14S4. The zero-order chi connectivity index (χ0) is 91.6. The fraction of sp³-hybridized carbons (Fsp3) is 0.386. The third-order valence-corrected chi connectivity index (χ3v) is 21.9. The first kappa shape index (κ1) is 94.8. The van der Waals surface area contributed by atoms with Crippen LogP contribution in [0.1, 0.15) is 115 Å². The molecule has 0 N–H and O–H groups in total. The smallest absolute Gasteiger partial charge is 0.311 e. The van der Waals surface area contributed by atoms with Crippen molar-refractivity contribution in [1.82, 2.24) is 78.6 Å². The van der Waals surface area contributed by atoms with Gasteiger partial charge in [-0.15, -0.1) is 0 Å². The number of hydrazine groups is 2. The van der Waals surface area contributed by atoms with Gasteiger partial charge in [0, 0.05) is 24.8 Å². The summed E-state index contributed by atoms with van der Waals surface area (Å²) in [5.41, 5.74) is 2.72. The number of carbonyl (C=O) groups excluding carboxylic acids is 8. The van der Waals surface area contributed by atoms with Crippen molar-refractivity contribution in [2.75, 3.05) is 51.2 Å². The van der Waals surface area contributed by atoms with Gasteiger partial charge in [0.15, 0.2) is 20.6 Å². The molecule has 0 radical (unpaired) electrons. The number of benzene rings is 4. The molecule has 4 amide bonds. The quantitative estimate of drug-likeness (QED) is 0.0253. The molecule has 0 saturated carbocycles. The first-order chi connectivity index (χ1) is 59.5. The third kappa shape index (κ3) is 23.2. The number of aromatic nitrogens is 12. The number of halogens is 4. The van der Waals surface area contributed by atoms with Gasteiger partial charge >= 0.3 is 23.9 Å². The summed E-state index contributed by atoms with van der Waals surface area (Å²) in [6.45, 7) is 22.4. The number of esters is 4. The highest BCUT2D eigenvalue weighted by Gasteiger charge is 2.44. The Hall–Kier alpha value is -11.9. The summed E-state index contributed by atoms with van der Waals surface area (Å²) >= 11 is 5.38. The van der Waals surface area contributed by atoms with E-state index in [0.717, 1.165) is 0 Å². The molecule has 10 heterocycles. The predicted molar refractivity (Wildman–Crippen MR) is 464 cm³/mol. The van der Waals surface area contributed by atoms with Crippen LogP contribution >= 0.6 is 47.0 Å². The zero-order valence-electron chi connectivity index (χ0n) is 72.3. The van der Waals surface area contributed by atoms with Crippen LogP contribution in [-0.2, 0) is 86.7 Å². The SMILES string of the molecule is CSc1nccc(-c2c(-c3ccc(F)cc3)c(=O)n3n2CC(OC(=O)C(C)(C)C)C3)n1.CSc1nccc(-c2c(-c3ccc(F)cc3)c(=O)n3n2CC(OC(=O)C(C)(C)C)C3)n1.CSc1nccc(C(=O)N2CC(OC(=O)C(C)(C)C)CN2C(=O)Cc2ccc(F)cc2)n1.CSc1nccc(C(=O)N2CC(OC(=O)C(C)(C)C)CN2C(=O)Cc2ccc(F)cc2)n1. The van der Waals surface area contributed by atoms with E-state index in [4.69, 9.17) is 18.9 Å². The summed E-state index contributed by atoms with van der Waals surface area (Å²) in [5.74, 6) is -4.78. The molecule has 10 aromatic rings. The number of nitrogens with zero attached hydrogens (tertiary/aromatic N) is 16. The lowest BCUT2D eigenvalue weighted by Crippen LogP contribution is -2.45. The molecule has 0 bridgehead atoms. The first-order valence-electron chi connectivity index (χ1n) is 39.8. The number of ether oxygens (including phenoxy) is 4. The Kier molecular flexibility index (Phi) is 30.2. The fourth-order valence-corrected chi connectivity index (χ4v) is 14.5. The van der Waals surface area contributed by atoms with Crippen LogP contribution in [0.25, 0.3) is 45.0 Å². The lowest BCUT2D eigenvalue weighted by molar-refractivity contribution is -0.159. The average Bonchev–Trinajstić information content (AvgIpc) is 1.58. The second kappa shape index (κ2) is 40.2. The van der Waals surface area contributed by atoms with Crippen molar-refractivity contribution >= 4 is 94.6 Å². The number of fused-ring (bicyclic) bond motifs is 2. The molecule has 14 rings (SSSR count). The van der Waals surface area contributed by atoms with E-state index in [2.05, 4.69) is 39.9 Å². The van der Waals surface area contributed by atoms with Crippen LogP contribution in [0.5, 0.6) is 0 Å². The molecule has 2 saturated heterocycles. The van der Waals surface area contributed by atoms with Crippen molar-refractivity contribution in [3.05, 3.63) is 213 Å². The molecular weight excluding hydrogens is 1710 g/mol. The summed E-state index contributed by atoms with van der Waals surface area (Å²) in [6.07, 6.45) is 11.2. The lowest BCUT2D eigenvalue weighted by Gasteiger charge is -2.27. The third-order valence-electron chi connectivity index (χ3n) is 19.6. The number of thioether (sulfide) groups is 4. The molecule has 4 aliphatic heterocycles. The van der Waals surface area contributed by atoms with Crippen LogP contribution in [0.2, 0.25) is 0 Å². The summed E-state index contributed by atoms with van der Waals surface area (Å²) in [5, 5.41) is 7.04. The second-order valence-electron chi connectivity index (χ2n) is 33.6. The van der Waals surface area contributed by atoms with E-state index in [-0.39, 0.29) is 110 Å². The Labute approximate surface area is 741 Å². The Morgan fingerprint density at radius 2 is 0.595 bits per heavy atom. The van der Waals surface area contributed by atoms with Crippen molar-refractivity contribution in [3.8, 4) is 45.0 Å². The van der Waals surface area contributed by atoms with Gasteiger partial charge in [0.25, 0.3) is 22.9 Å². The van der Waals surface area contributed by atoms with Gasteiger partial charge in [-0.25, -0.2) is 86.8 Å². The minimum absolute atomic E-state index is 0.0222. The van der Waals surface area contributed by atoms with Crippen molar-refractivity contribution in [3.63, 3.8) is 0 Å². The van der Waals surface area contributed by atoms with Crippen molar-refractivity contribution < 1.29 is 74.9 Å². The molecule has 0 aliphatic carbocycles. The molecule has 4 unspecified atom stereocenters.